The first-order valence-electron chi connectivity index (χ1n) is 6.91. The van der Waals surface area contributed by atoms with Crippen LogP contribution < -0.4 is 0 Å². The Morgan fingerprint density at radius 1 is 1.33 bits per heavy atom. The molecule has 18 heavy (non-hydrogen) atoms. The molecule has 102 valence electrons. The van der Waals surface area contributed by atoms with Gasteiger partial charge in [-0.05, 0) is 38.5 Å². The van der Waals surface area contributed by atoms with Crippen molar-refractivity contribution in [2.75, 3.05) is 0 Å². The molecule has 1 fully saturated rings. The average Bonchev–Trinajstić information content (AvgIpc) is 2.71. The zero-order valence-corrected chi connectivity index (χ0v) is 12.2. The van der Waals surface area contributed by atoms with Crippen LogP contribution in [0.3, 0.4) is 0 Å². The largest absolute Gasteiger partial charge is 0.386 e. The Morgan fingerprint density at radius 2 is 1.94 bits per heavy atom. The van der Waals surface area contributed by atoms with E-state index in [0.717, 1.165) is 24.5 Å². The molecule has 3 nitrogen and oxygen atoms in total. The van der Waals surface area contributed by atoms with Crippen molar-refractivity contribution < 1.29 is 5.11 Å². The standard InChI is InChI=1S/C14H23ClN2O/c1-9(2)17-13(12(15)8-16-17)14(18)11-6-4-10(3)5-7-11/h8-11,14,18H,4-7H2,1-3H3. The number of halogens is 1. The molecule has 0 saturated heterocycles. The second kappa shape index (κ2) is 5.62. The van der Waals surface area contributed by atoms with Crippen LogP contribution in [0, 0.1) is 11.8 Å². The fourth-order valence-electron chi connectivity index (χ4n) is 2.86. The first-order valence-corrected chi connectivity index (χ1v) is 7.29. The number of aliphatic hydroxyl groups excluding tert-OH is 1. The van der Waals surface area contributed by atoms with Crippen LogP contribution in [0.1, 0.15) is 64.3 Å². The van der Waals surface area contributed by atoms with E-state index in [1.165, 1.54) is 12.8 Å². The fourth-order valence-corrected chi connectivity index (χ4v) is 3.11. The summed E-state index contributed by atoms with van der Waals surface area (Å²) in [7, 11) is 0. The van der Waals surface area contributed by atoms with E-state index in [0.29, 0.717) is 10.9 Å². The predicted molar refractivity (Wildman–Crippen MR) is 73.7 cm³/mol. The molecule has 2 rings (SSSR count). The molecule has 1 N–H and O–H groups in total. The fraction of sp³-hybridized carbons (Fsp3) is 0.786. The lowest BCUT2D eigenvalue weighted by Gasteiger charge is -2.30. The third kappa shape index (κ3) is 2.72. The molecule has 1 aromatic rings. The Balaban J connectivity index is 2.17. The van der Waals surface area contributed by atoms with Gasteiger partial charge in [0.15, 0.2) is 0 Å². The third-order valence-electron chi connectivity index (χ3n) is 4.06. The van der Waals surface area contributed by atoms with E-state index in [1.54, 1.807) is 6.20 Å². The van der Waals surface area contributed by atoms with Gasteiger partial charge in [-0.15, -0.1) is 0 Å². The monoisotopic (exact) mass is 270 g/mol. The minimum atomic E-state index is -0.477. The van der Waals surface area contributed by atoms with Crippen LogP contribution in [0.5, 0.6) is 0 Å². The van der Waals surface area contributed by atoms with Crippen LogP contribution in [0.2, 0.25) is 5.02 Å². The highest BCUT2D eigenvalue weighted by atomic mass is 35.5. The van der Waals surface area contributed by atoms with E-state index in [1.807, 2.05) is 4.68 Å². The molecule has 0 bridgehead atoms. The number of hydrogen-bond donors (Lipinski definition) is 1. The van der Waals surface area contributed by atoms with Crippen molar-refractivity contribution in [1.29, 1.82) is 0 Å². The maximum absolute atomic E-state index is 10.6. The molecule has 0 amide bonds. The smallest absolute Gasteiger partial charge is 0.0999 e. The van der Waals surface area contributed by atoms with Crippen LogP contribution in [-0.2, 0) is 0 Å². The van der Waals surface area contributed by atoms with Crippen LogP contribution in [0.4, 0.5) is 0 Å². The molecular formula is C14H23ClN2O. The summed E-state index contributed by atoms with van der Waals surface area (Å²) in [6.45, 7) is 6.40. The molecule has 1 atom stereocenters. The van der Waals surface area contributed by atoms with Gasteiger partial charge < -0.3 is 5.11 Å². The molecular weight excluding hydrogens is 248 g/mol. The highest BCUT2D eigenvalue weighted by molar-refractivity contribution is 6.31. The van der Waals surface area contributed by atoms with Gasteiger partial charge in [-0.1, -0.05) is 31.4 Å². The van der Waals surface area contributed by atoms with Crippen molar-refractivity contribution >= 4 is 11.6 Å². The lowest BCUT2D eigenvalue weighted by Crippen LogP contribution is -2.22. The number of rotatable bonds is 3. The molecule has 1 aromatic heterocycles. The van der Waals surface area contributed by atoms with E-state index < -0.39 is 6.10 Å². The minimum absolute atomic E-state index is 0.227. The predicted octanol–water partition coefficient (Wildman–Crippen LogP) is 3.98. The van der Waals surface area contributed by atoms with Crippen molar-refractivity contribution in [2.24, 2.45) is 11.8 Å². The lowest BCUT2D eigenvalue weighted by atomic mass is 9.79. The zero-order chi connectivity index (χ0) is 13.3. The molecule has 1 aliphatic rings. The first-order chi connectivity index (χ1) is 8.50. The number of aromatic nitrogens is 2. The summed E-state index contributed by atoms with van der Waals surface area (Å²) in [6, 6.07) is 0.227. The molecule has 0 spiro atoms. The van der Waals surface area contributed by atoms with Gasteiger partial charge in [-0.2, -0.15) is 5.10 Å². The van der Waals surface area contributed by atoms with Gasteiger partial charge in [0.2, 0.25) is 0 Å². The van der Waals surface area contributed by atoms with Crippen molar-refractivity contribution in [3.05, 3.63) is 16.9 Å². The van der Waals surface area contributed by atoms with Gasteiger partial charge in [0.25, 0.3) is 0 Å². The summed E-state index contributed by atoms with van der Waals surface area (Å²) in [4.78, 5) is 0. The Morgan fingerprint density at radius 3 is 2.50 bits per heavy atom. The Hall–Kier alpha value is -0.540. The normalized spacial score (nSPS) is 26.6. The summed E-state index contributed by atoms with van der Waals surface area (Å²) in [6.07, 6.45) is 5.75. The lowest BCUT2D eigenvalue weighted by molar-refractivity contribution is 0.0671. The Labute approximate surface area is 114 Å². The van der Waals surface area contributed by atoms with E-state index in [2.05, 4.69) is 25.9 Å². The van der Waals surface area contributed by atoms with E-state index in [-0.39, 0.29) is 6.04 Å². The summed E-state index contributed by atoms with van der Waals surface area (Å²) < 4.78 is 1.85. The van der Waals surface area contributed by atoms with Crippen LogP contribution >= 0.6 is 11.6 Å². The Kier molecular flexibility index (Phi) is 4.33. The second-order valence-electron chi connectivity index (χ2n) is 5.88. The van der Waals surface area contributed by atoms with Gasteiger partial charge in [-0.3, -0.25) is 4.68 Å². The summed E-state index contributed by atoms with van der Waals surface area (Å²) in [5.74, 6) is 1.12. The van der Waals surface area contributed by atoms with Gasteiger partial charge in [-0.25, -0.2) is 0 Å². The number of nitrogens with zero attached hydrogens (tertiary/aromatic N) is 2. The summed E-state index contributed by atoms with van der Waals surface area (Å²) >= 11 is 6.19. The average molecular weight is 271 g/mol. The van der Waals surface area contributed by atoms with E-state index in [9.17, 15) is 5.11 Å². The van der Waals surface area contributed by atoms with Crippen LogP contribution in [-0.4, -0.2) is 14.9 Å². The van der Waals surface area contributed by atoms with Crippen molar-refractivity contribution in [3.63, 3.8) is 0 Å². The van der Waals surface area contributed by atoms with Gasteiger partial charge >= 0.3 is 0 Å². The van der Waals surface area contributed by atoms with Crippen molar-refractivity contribution in [1.82, 2.24) is 9.78 Å². The van der Waals surface area contributed by atoms with Gasteiger partial charge in [0, 0.05) is 6.04 Å². The van der Waals surface area contributed by atoms with Crippen LogP contribution in [0.25, 0.3) is 0 Å². The van der Waals surface area contributed by atoms with E-state index in [4.69, 9.17) is 11.6 Å². The molecule has 1 unspecified atom stereocenters. The van der Waals surface area contributed by atoms with E-state index >= 15 is 0 Å². The number of aliphatic hydroxyl groups is 1. The van der Waals surface area contributed by atoms with Gasteiger partial charge in [0.1, 0.15) is 0 Å². The maximum Gasteiger partial charge on any atom is 0.0999 e. The quantitative estimate of drug-likeness (QED) is 0.902. The molecule has 0 aliphatic heterocycles. The van der Waals surface area contributed by atoms with Crippen LogP contribution in [0.15, 0.2) is 6.20 Å². The van der Waals surface area contributed by atoms with Crippen molar-refractivity contribution in [2.45, 2.75) is 58.6 Å². The second-order valence-corrected chi connectivity index (χ2v) is 6.29. The topological polar surface area (TPSA) is 38.1 Å². The highest BCUT2D eigenvalue weighted by Crippen LogP contribution is 2.39. The molecule has 1 saturated carbocycles. The summed E-state index contributed by atoms with van der Waals surface area (Å²) in [5, 5.41) is 15.4. The SMILES string of the molecule is CC1CCC(C(O)c2c(Cl)cnn2C(C)C)CC1. The molecule has 1 heterocycles. The first kappa shape index (κ1) is 13.9. The third-order valence-corrected chi connectivity index (χ3v) is 4.35. The summed E-state index contributed by atoms with van der Waals surface area (Å²) in [5.41, 5.74) is 0.797. The maximum atomic E-state index is 10.6. The molecule has 0 aromatic carbocycles. The molecule has 4 heteroatoms. The van der Waals surface area contributed by atoms with Crippen molar-refractivity contribution in [3.8, 4) is 0 Å². The van der Waals surface area contributed by atoms with Gasteiger partial charge in [0.05, 0.1) is 23.0 Å². The minimum Gasteiger partial charge on any atom is -0.386 e. The number of hydrogen-bond acceptors (Lipinski definition) is 2. The highest BCUT2D eigenvalue weighted by Gasteiger charge is 2.30. The molecule has 0 radical (unpaired) electrons. The zero-order valence-electron chi connectivity index (χ0n) is 11.4. The Bertz CT molecular complexity index is 394. The molecule has 1 aliphatic carbocycles.